The van der Waals surface area contributed by atoms with Crippen LogP contribution < -0.4 is 5.32 Å². The van der Waals surface area contributed by atoms with Gasteiger partial charge in [0.15, 0.2) is 0 Å². The topological polar surface area (TPSA) is 52.6 Å². The van der Waals surface area contributed by atoms with Gasteiger partial charge >= 0.3 is 5.97 Å². The molecule has 1 saturated heterocycles. The summed E-state index contributed by atoms with van der Waals surface area (Å²) in [6, 6.07) is 1.05. The number of carboxylic acid groups (broad SMARTS) is 1. The number of carboxylic acids is 1. The molecule has 0 amide bonds. The summed E-state index contributed by atoms with van der Waals surface area (Å²) in [5, 5.41) is 12.0. The molecule has 0 aromatic rings. The van der Waals surface area contributed by atoms with Crippen LogP contribution in [0.3, 0.4) is 0 Å². The van der Waals surface area contributed by atoms with E-state index in [-0.39, 0.29) is 0 Å². The lowest BCUT2D eigenvalue weighted by molar-refractivity contribution is -0.137. The number of likely N-dealkylation sites (N-methyl/N-ethyl adjacent to an activating group) is 1. The Kier molecular flexibility index (Phi) is 5.22. The van der Waals surface area contributed by atoms with Crippen molar-refractivity contribution in [1.82, 2.24) is 10.2 Å². The van der Waals surface area contributed by atoms with Gasteiger partial charge < -0.3 is 10.4 Å². The van der Waals surface area contributed by atoms with E-state index < -0.39 is 5.97 Å². The number of likely N-dealkylation sites (tertiary alicyclic amines) is 1. The number of rotatable bonds is 5. The standard InChI is InChI=1S/C12H24N2O2/c1-9(2)14-7-10(4-5-12(15)16)6-11(8-14)13-3/h9-11,13H,4-8H2,1-3H3,(H,15,16). The first-order chi connectivity index (χ1) is 7.52. The Hall–Kier alpha value is -0.610. The molecular weight excluding hydrogens is 204 g/mol. The summed E-state index contributed by atoms with van der Waals surface area (Å²) < 4.78 is 0. The molecule has 94 valence electrons. The van der Waals surface area contributed by atoms with E-state index in [0.29, 0.717) is 24.4 Å². The highest BCUT2D eigenvalue weighted by Gasteiger charge is 2.27. The number of hydrogen-bond donors (Lipinski definition) is 2. The van der Waals surface area contributed by atoms with Crippen molar-refractivity contribution in [3.63, 3.8) is 0 Å². The van der Waals surface area contributed by atoms with Crippen molar-refractivity contribution >= 4 is 5.97 Å². The molecule has 0 aromatic heterocycles. The smallest absolute Gasteiger partial charge is 0.303 e. The van der Waals surface area contributed by atoms with E-state index in [2.05, 4.69) is 24.1 Å². The molecule has 0 aromatic carbocycles. The lowest BCUT2D eigenvalue weighted by Gasteiger charge is -2.40. The van der Waals surface area contributed by atoms with Crippen LogP contribution in [0.2, 0.25) is 0 Å². The van der Waals surface area contributed by atoms with Gasteiger partial charge in [0.2, 0.25) is 0 Å². The Labute approximate surface area is 98.0 Å². The van der Waals surface area contributed by atoms with Gasteiger partial charge in [0.05, 0.1) is 0 Å². The van der Waals surface area contributed by atoms with Crippen molar-refractivity contribution in [3.05, 3.63) is 0 Å². The predicted molar refractivity (Wildman–Crippen MR) is 64.5 cm³/mol. The van der Waals surface area contributed by atoms with Crippen molar-refractivity contribution in [3.8, 4) is 0 Å². The van der Waals surface area contributed by atoms with Gasteiger partial charge in [-0.05, 0) is 39.7 Å². The summed E-state index contributed by atoms with van der Waals surface area (Å²) in [7, 11) is 1.99. The van der Waals surface area contributed by atoms with Gasteiger partial charge in [0, 0.05) is 31.6 Å². The van der Waals surface area contributed by atoms with Gasteiger partial charge in [-0.25, -0.2) is 0 Å². The molecule has 1 fully saturated rings. The lowest BCUT2D eigenvalue weighted by Crippen LogP contribution is -2.50. The lowest BCUT2D eigenvalue weighted by atomic mass is 9.89. The van der Waals surface area contributed by atoms with Crippen LogP contribution >= 0.6 is 0 Å². The number of hydrogen-bond acceptors (Lipinski definition) is 3. The molecule has 4 heteroatoms. The van der Waals surface area contributed by atoms with E-state index in [1.807, 2.05) is 7.05 Å². The van der Waals surface area contributed by atoms with E-state index in [1.54, 1.807) is 0 Å². The predicted octanol–water partition coefficient (Wildman–Crippen LogP) is 1.17. The van der Waals surface area contributed by atoms with Gasteiger partial charge in [-0.3, -0.25) is 9.69 Å². The van der Waals surface area contributed by atoms with Crippen molar-refractivity contribution < 1.29 is 9.90 Å². The van der Waals surface area contributed by atoms with Gasteiger partial charge in [0.25, 0.3) is 0 Å². The fourth-order valence-electron chi connectivity index (χ4n) is 2.41. The SMILES string of the molecule is CNC1CC(CCC(=O)O)CN(C(C)C)C1. The normalized spacial score (nSPS) is 27.2. The van der Waals surface area contributed by atoms with E-state index >= 15 is 0 Å². The highest BCUT2D eigenvalue weighted by atomic mass is 16.4. The number of aliphatic carboxylic acids is 1. The zero-order valence-corrected chi connectivity index (χ0v) is 10.6. The average Bonchev–Trinajstić information content (AvgIpc) is 2.25. The van der Waals surface area contributed by atoms with Crippen molar-refractivity contribution in [1.29, 1.82) is 0 Å². The highest BCUT2D eigenvalue weighted by Crippen LogP contribution is 2.22. The Morgan fingerprint density at radius 1 is 1.50 bits per heavy atom. The van der Waals surface area contributed by atoms with Crippen molar-refractivity contribution in [2.75, 3.05) is 20.1 Å². The second-order valence-electron chi connectivity index (χ2n) is 5.07. The maximum absolute atomic E-state index is 10.6. The summed E-state index contributed by atoms with van der Waals surface area (Å²) in [6.07, 6.45) is 2.21. The zero-order valence-electron chi connectivity index (χ0n) is 10.6. The number of piperidine rings is 1. The van der Waals surface area contributed by atoms with E-state index in [1.165, 1.54) is 0 Å². The molecule has 1 heterocycles. The number of nitrogens with zero attached hydrogens (tertiary/aromatic N) is 1. The summed E-state index contributed by atoms with van der Waals surface area (Å²) in [6.45, 7) is 6.53. The zero-order chi connectivity index (χ0) is 12.1. The molecule has 0 radical (unpaired) electrons. The third kappa shape index (κ3) is 4.10. The molecule has 2 atom stereocenters. The highest BCUT2D eigenvalue weighted by molar-refractivity contribution is 5.66. The molecule has 1 aliphatic heterocycles. The number of carbonyl (C=O) groups is 1. The van der Waals surface area contributed by atoms with Crippen molar-refractivity contribution in [2.45, 2.75) is 45.2 Å². The third-order valence-electron chi connectivity index (χ3n) is 3.47. The van der Waals surface area contributed by atoms with Crippen LogP contribution in [0.1, 0.15) is 33.1 Å². The third-order valence-corrected chi connectivity index (χ3v) is 3.47. The Morgan fingerprint density at radius 2 is 2.19 bits per heavy atom. The molecule has 1 rings (SSSR count). The van der Waals surface area contributed by atoms with Crippen LogP contribution in [0.5, 0.6) is 0 Å². The minimum atomic E-state index is -0.678. The largest absolute Gasteiger partial charge is 0.481 e. The van der Waals surface area contributed by atoms with Crippen LogP contribution in [0.15, 0.2) is 0 Å². The summed E-state index contributed by atoms with van der Waals surface area (Å²) in [5.74, 6) is -0.160. The van der Waals surface area contributed by atoms with Gasteiger partial charge in [0.1, 0.15) is 0 Å². The maximum atomic E-state index is 10.6. The van der Waals surface area contributed by atoms with E-state index in [9.17, 15) is 4.79 Å². The molecule has 1 aliphatic rings. The van der Waals surface area contributed by atoms with Crippen molar-refractivity contribution in [2.24, 2.45) is 5.92 Å². The van der Waals surface area contributed by atoms with E-state index in [0.717, 1.165) is 25.9 Å². The minimum absolute atomic E-state index is 0.299. The molecule has 0 saturated carbocycles. The average molecular weight is 228 g/mol. The molecule has 16 heavy (non-hydrogen) atoms. The fourth-order valence-corrected chi connectivity index (χ4v) is 2.41. The van der Waals surface area contributed by atoms with Crippen LogP contribution in [-0.4, -0.2) is 48.2 Å². The first kappa shape index (κ1) is 13.5. The molecule has 0 spiro atoms. The van der Waals surface area contributed by atoms with Crippen LogP contribution in [-0.2, 0) is 4.79 Å². The molecular formula is C12H24N2O2. The minimum Gasteiger partial charge on any atom is -0.481 e. The second kappa shape index (κ2) is 6.21. The van der Waals surface area contributed by atoms with Gasteiger partial charge in [-0.2, -0.15) is 0 Å². The first-order valence-corrected chi connectivity index (χ1v) is 6.16. The Balaban J connectivity index is 2.47. The Morgan fingerprint density at radius 3 is 2.69 bits per heavy atom. The summed E-state index contributed by atoms with van der Waals surface area (Å²) in [5.41, 5.74) is 0. The Bertz CT molecular complexity index is 231. The van der Waals surface area contributed by atoms with Crippen LogP contribution in [0.25, 0.3) is 0 Å². The van der Waals surface area contributed by atoms with Crippen LogP contribution in [0, 0.1) is 5.92 Å². The van der Waals surface area contributed by atoms with Crippen LogP contribution in [0.4, 0.5) is 0 Å². The van der Waals surface area contributed by atoms with E-state index in [4.69, 9.17) is 5.11 Å². The molecule has 0 aliphatic carbocycles. The molecule has 2 N–H and O–H groups in total. The summed E-state index contributed by atoms with van der Waals surface area (Å²) >= 11 is 0. The monoisotopic (exact) mass is 228 g/mol. The quantitative estimate of drug-likeness (QED) is 0.741. The van der Waals surface area contributed by atoms with Gasteiger partial charge in [-0.1, -0.05) is 0 Å². The fraction of sp³-hybridized carbons (Fsp3) is 0.917. The molecule has 4 nitrogen and oxygen atoms in total. The molecule has 2 unspecified atom stereocenters. The maximum Gasteiger partial charge on any atom is 0.303 e. The molecule has 0 bridgehead atoms. The van der Waals surface area contributed by atoms with Gasteiger partial charge in [-0.15, -0.1) is 0 Å². The second-order valence-corrected chi connectivity index (χ2v) is 5.07. The first-order valence-electron chi connectivity index (χ1n) is 6.16. The summed E-state index contributed by atoms with van der Waals surface area (Å²) in [4.78, 5) is 13.0. The number of nitrogens with one attached hydrogen (secondary N) is 1.